The SMILES string of the molecule is CC.CC1C(c2cccc(O)c2)=CSC1C1CC(=O)N(C)CN1.CN. The maximum Gasteiger partial charge on any atom is 0.224 e. The van der Waals surface area contributed by atoms with E-state index in [0.717, 1.165) is 5.56 Å². The van der Waals surface area contributed by atoms with Gasteiger partial charge in [0.15, 0.2) is 0 Å². The summed E-state index contributed by atoms with van der Waals surface area (Å²) in [6.45, 7) is 6.82. The summed E-state index contributed by atoms with van der Waals surface area (Å²) in [5.41, 5.74) is 6.81. The van der Waals surface area contributed by atoms with Crippen molar-refractivity contribution in [2.75, 3.05) is 20.8 Å². The Kier molecular flexibility index (Phi) is 9.03. The van der Waals surface area contributed by atoms with E-state index in [2.05, 4.69) is 23.4 Å². The van der Waals surface area contributed by atoms with Crippen molar-refractivity contribution in [2.24, 2.45) is 11.7 Å². The summed E-state index contributed by atoms with van der Waals surface area (Å²) in [5.74, 6) is 0.851. The summed E-state index contributed by atoms with van der Waals surface area (Å²) in [6.07, 6.45) is 0.555. The zero-order chi connectivity index (χ0) is 19.0. The molecular weight excluding hydrogens is 334 g/mol. The molecule has 5 nitrogen and oxygen atoms in total. The van der Waals surface area contributed by atoms with Gasteiger partial charge in [0.05, 0.1) is 6.67 Å². The van der Waals surface area contributed by atoms with Gasteiger partial charge in [-0.25, -0.2) is 0 Å². The van der Waals surface area contributed by atoms with E-state index in [0.29, 0.717) is 30.0 Å². The van der Waals surface area contributed by atoms with Gasteiger partial charge in [-0.2, -0.15) is 0 Å². The van der Waals surface area contributed by atoms with E-state index < -0.39 is 0 Å². The van der Waals surface area contributed by atoms with E-state index in [1.165, 1.54) is 12.6 Å². The molecule has 1 fully saturated rings. The average molecular weight is 366 g/mol. The van der Waals surface area contributed by atoms with Crippen LogP contribution in [0.2, 0.25) is 0 Å². The molecule has 2 heterocycles. The molecule has 2 aliphatic rings. The second-order valence-electron chi connectivity index (χ2n) is 5.78. The van der Waals surface area contributed by atoms with Crippen LogP contribution in [0, 0.1) is 5.92 Å². The minimum absolute atomic E-state index is 0.206. The Labute approximate surface area is 155 Å². The minimum Gasteiger partial charge on any atom is -0.508 e. The number of benzene rings is 1. The molecule has 0 saturated carbocycles. The fourth-order valence-electron chi connectivity index (χ4n) is 3.00. The lowest BCUT2D eigenvalue weighted by molar-refractivity contribution is -0.133. The molecule has 0 aromatic heterocycles. The highest BCUT2D eigenvalue weighted by atomic mass is 32.2. The second kappa shape index (κ2) is 10.5. The van der Waals surface area contributed by atoms with Gasteiger partial charge in [-0.05, 0) is 41.6 Å². The Hall–Kier alpha value is -1.50. The van der Waals surface area contributed by atoms with Crippen molar-refractivity contribution >= 4 is 23.2 Å². The lowest BCUT2D eigenvalue weighted by Gasteiger charge is -2.35. The van der Waals surface area contributed by atoms with E-state index in [1.807, 2.05) is 33.0 Å². The Bertz CT molecular complexity index is 592. The Morgan fingerprint density at radius 3 is 2.60 bits per heavy atom. The van der Waals surface area contributed by atoms with Gasteiger partial charge in [-0.15, -0.1) is 11.8 Å². The van der Waals surface area contributed by atoms with E-state index >= 15 is 0 Å². The summed E-state index contributed by atoms with van der Waals surface area (Å²) in [5, 5.41) is 15.6. The predicted molar refractivity (Wildman–Crippen MR) is 107 cm³/mol. The summed E-state index contributed by atoms with van der Waals surface area (Å²) in [4.78, 5) is 13.6. The minimum atomic E-state index is 0.206. The van der Waals surface area contributed by atoms with Crippen LogP contribution < -0.4 is 11.1 Å². The number of rotatable bonds is 2. The third-order valence-corrected chi connectivity index (χ3v) is 5.76. The Morgan fingerprint density at radius 1 is 1.32 bits per heavy atom. The van der Waals surface area contributed by atoms with E-state index in [-0.39, 0.29) is 11.9 Å². The molecule has 1 amide bonds. The average Bonchev–Trinajstić information content (AvgIpc) is 3.02. The molecule has 3 atom stereocenters. The van der Waals surface area contributed by atoms with Crippen LogP contribution in [0.15, 0.2) is 29.7 Å². The summed E-state index contributed by atoms with van der Waals surface area (Å²) in [7, 11) is 3.33. The van der Waals surface area contributed by atoms with E-state index in [1.54, 1.807) is 28.8 Å². The van der Waals surface area contributed by atoms with Crippen LogP contribution in [0.1, 0.15) is 32.8 Å². The fourth-order valence-corrected chi connectivity index (χ4v) is 4.42. The molecule has 0 bridgehead atoms. The molecule has 4 N–H and O–H groups in total. The van der Waals surface area contributed by atoms with E-state index in [9.17, 15) is 9.90 Å². The predicted octanol–water partition coefficient (Wildman–Crippen LogP) is 2.86. The summed E-state index contributed by atoms with van der Waals surface area (Å²) < 4.78 is 0. The quantitative estimate of drug-likeness (QED) is 0.751. The molecule has 1 aromatic carbocycles. The van der Waals surface area contributed by atoms with Crippen LogP contribution in [0.25, 0.3) is 5.57 Å². The molecule has 0 aliphatic carbocycles. The van der Waals surface area contributed by atoms with Crippen molar-refractivity contribution in [3.63, 3.8) is 0 Å². The third-order valence-electron chi connectivity index (χ3n) is 4.32. The van der Waals surface area contributed by atoms with Gasteiger partial charge in [0.1, 0.15) is 5.75 Å². The number of hydrogen-bond donors (Lipinski definition) is 3. The van der Waals surface area contributed by atoms with Crippen LogP contribution in [-0.2, 0) is 4.79 Å². The van der Waals surface area contributed by atoms with Crippen molar-refractivity contribution in [3.8, 4) is 5.75 Å². The molecule has 0 radical (unpaired) electrons. The molecule has 3 unspecified atom stereocenters. The first kappa shape index (κ1) is 21.5. The van der Waals surface area contributed by atoms with Gasteiger partial charge in [0.2, 0.25) is 5.91 Å². The number of phenolic OH excluding ortho intramolecular Hbond substituents is 1. The van der Waals surface area contributed by atoms with Crippen LogP contribution in [0.3, 0.4) is 0 Å². The molecule has 6 heteroatoms. The van der Waals surface area contributed by atoms with Gasteiger partial charge in [-0.1, -0.05) is 32.9 Å². The molecule has 140 valence electrons. The highest BCUT2D eigenvalue weighted by Crippen LogP contribution is 2.43. The lowest BCUT2D eigenvalue weighted by atomic mass is 9.88. The summed E-state index contributed by atoms with van der Waals surface area (Å²) in [6, 6.07) is 7.59. The van der Waals surface area contributed by atoms with Crippen LogP contribution >= 0.6 is 11.8 Å². The maximum absolute atomic E-state index is 11.9. The largest absolute Gasteiger partial charge is 0.508 e. The number of nitrogens with one attached hydrogen (secondary N) is 1. The number of allylic oxidation sites excluding steroid dienone is 1. The van der Waals surface area contributed by atoms with Crippen molar-refractivity contribution in [3.05, 3.63) is 35.2 Å². The van der Waals surface area contributed by atoms with Gasteiger partial charge in [0, 0.05) is 24.8 Å². The number of carbonyl (C=O) groups is 1. The molecule has 3 rings (SSSR count). The Balaban J connectivity index is 0.000000730. The zero-order valence-corrected chi connectivity index (χ0v) is 16.6. The van der Waals surface area contributed by atoms with Crippen molar-refractivity contribution in [1.29, 1.82) is 0 Å². The number of nitrogens with two attached hydrogens (primary N) is 1. The number of amides is 1. The van der Waals surface area contributed by atoms with Crippen LogP contribution in [0.4, 0.5) is 0 Å². The normalized spacial score (nSPS) is 25.4. The molecule has 25 heavy (non-hydrogen) atoms. The number of aromatic hydroxyl groups is 1. The second-order valence-corrected chi connectivity index (χ2v) is 6.83. The van der Waals surface area contributed by atoms with Crippen LogP contribution in [0.5, 0.6) is 5.75 Å². The van der Waals surface area contributed by atoms with Crippen molar-refractivity contribution in [2.45, 2.75) is 38.5 Å². The van der Waals surface area contributed by atoms with Crippen molar-refractivity contribution < 1.29 is 9.90 Å². The molecule has 2 aliphatic heterocycles. The van der Waals surface area contributed by atoms with Crippen LogP contribution in [-0.4, -0.2) is 48.0 Å². The van der Waals surface area contributed by atoms with Gasteiger partial charge in [0.25, 0.3) is 0 Å². The monoisotopic (exact) mass is 365 g/mol. The van der Waals surface area contributed by atoms with Gasteiger partial charge >= 0.3 is 0 Å². The van der Waals surface area contributed by atoms with Gasteiger partial charge < -0.3 is 15.7 Å². The molecule has 1 saturated heterocycles. The topological polar surface area (TPSA) is 78.6 Å². The standard InChI is InChI=1S/C16H20N2O2S.C2H6.CH5N/c1-10-13(11-4-3-5-12(19)6-11)8-21-16(10)14-7-15(20)18(2)9-17-14;2*1-2/h3-6,8,10,14,16-17,19H,7,9H2,1-2H3;1-2H3;2H2,1H3. The smallest absolute Gasteiger partial charge is 0.224 e. The maximum atomic E-state index is 11.9. The number of phenols is 1. The highest BCUT2D eigenvalue weighted by molar-refractivity contribution is 8.03. The summed E-state index contributed by atoms with van der Waals surface area (Å²) >= 11 is 1.79. The van der Waals surface area contributed by atoms with Gasteiger partial charge in [-0.3, -0.25) is 10.1 Å². The van der Waals surface area contributed by atoms with Crippen molar-refractivity contribution in [1.82, 2.24) is 10.2 Å². The lowest BCUT2D eigenvalue weighted by Crippen LogP contribution is -2.53. The fraction of sp³-hybridized carbons (Fsp3) is 0.526. The molecular formula is C19H31N3O2S. The number of thioether (sulfide) groups is 1. The zero-order valence-electron chi connectivity index (χ0n) is 15.8. The molecule has 1 aromatic rings. The first-order valence-corrected chi connectivity index (χ1v) is 9.70. The number of hydrogen-bond acceptors (Lipinski definition) is 5. The number of carbonyl (C=O) groups excluding carboxylic acids is 1. The Morgan fingerprint density at radius 2 is 2.00 bits per heavy atom. The number of nitrogens with zero attached hydrogens (tertiary/aromatic N) is 1. The highest BCUT2D eigenvalue weighted by Gasteiger charge is 2.37. The first-order valence-electron chi connectivity index (χ1n) is 8.76. The first-order chi connectivity index (χ1) is 12.1. The van der Waals surface area contributed by atoms with E-state index in [4.69, 9.17) is 0 Å². The molecule has 0 spiro atoms. The third kappa shape index (κ3) is 5.23.